The molecule has 0 aromatic carbocycles. The number of aryl methyl sites for hydroxylation is 1. The molecule has 1 fully saturated rings. The Kier molecular flexibility index (Phi) is 3.16. The lowest BCUT2D eigenvalue weighted by Gasteiger charge is -2.22. The van der Waals surface area contributed by atoms with Crippen LogP contribution in [-0.2, 0) is 13.6 Å². The molecule has 0 bridgehead atoms. The molecular weight excluding hydrogens is 242 g/mol. The lowest BCUT2D eigenvalue weighted by Crippen LogP contribution is -2.25. The van der Waals surface area contributed by atoms with Crippen LogP contribution in [0.1, 0.15) is 30.3 Å². The van der Waals surface area contributed by atoms with Crippen molar-refractivity contribution in [2.45, 2.75) is 25.4 Å². The van der Waals surface area contributed by atoms with E-state index < -0.39 is 0 Å². The number of hydrogen-bond acceptors (Lipinski definition) is 4. The van der Waals surface area contributed by atoms with Gasteiger partial charge in [-0.1, -0.05) is 0 Å². The molecule has 1 aliphatic rings. The molecule has 6 heteroatoms. The van der Waals surface area contributed by atoms with E-state index in [1.54, 1.807) is 24.0 Å². The van der Waals surface area contributed by atoms with Crippen LogP contribution in [0.2, 0.25) is 0 Å². The van der Waals surface area contributed by atoms with Gasteiger partial charge in [0.2, 0.25) is 0 Å². The lowest BCUT2D eigenvalue weighted by molar-refractivity contribution is 0.240. The second-order valence-corrected chi connectivity index (χ2v) is 4.98. The molecule has 1 saturated heterocycles. The SMILES string of the molecule is Cn1ccc(CN2CCC[C@H]2c2ncn[nH]2)cc1=O. The fraction of sp³-hybridized carbons (Fsp3) is 0.462. The van der Waals surface area contributed by atoms with Crippen molar-refractivity contribution >= 4 is 0 Å². The zero-order valence-corrected chi connectivity index (χ0v) is 10.9. The van der Waals surface area contributed by atoms with Crippen molar-refractivity contribution in [1.29, 1.82) is 0 Å². The fourth-order valence-electron chi connectivity index (χ4n) is 2.62. The van der Waals surface area contributed by atoms with Gasteiger partial charge in [-0.05, 0) is 31.0 Å². The normalized spacial score (nSPS) is 19.9. The highest BCUT2D eigenvalue weighted by Crippen LogP contribution is 2.30. The first-order valence-electron chi connectivity index (χ1n) is 6.49. The largest absolute Gasteiger partial charge is 0.319 e. The van der Waals surface area contributed by atoms with E-state index in [2.05, 4.69) is 20.1 Å². The summed E-state index contributed by atoms with van der Waals surface area (Å²) < 4.78 is 1.58. The van der Waals surface area contributed by atoms with E-state index >= 15 is 0 Å². The Hall–Kier alpha value is -1.95. The second-order valence-electron chi connectivity index (χ2n) is 4.98. The summed E-state index contributed by atoms with van der Waals surface area (Å²) >= 11 is 0. The van der Waals surface area contributed by atoms with Gasteiger partial charge in [-0.2, -0.15) is 5.10 Å². The molecule has 0 aliphatic carbocycles. The Morgan fingerprint density at radius 1 is 1.53 bits per heavy atom. The maximum Gasteiger partial charge on any atom is 0.250 e. The third-order valence-corrected chi connectivity index (χ3v) is 3.67. The quantitative estimate of drug-likeness (QED) is 0.887. The average molecular weight is 259 g/mol. The van der Waals surface area contributed by atoms with E-state index in [1.165, 1.54) is 0 Å². The van der Waals surface area contributed by atoms with Gasteiger partial charge in [-0.15, -0.1) is 0 Å². The second kappa shape index (κ2) is 4.97. The standard InChI is InChI=1S/C13H17N5O/c1-17-6-4-10(7-12(17)19)8-18-5-2-3-11(18)13-14-9-15-16-13/h4,6-7,9,11H,2-3,5,8H2,1H3,(H,14,15,16)/t11-/m0/s1. The summed E-state index contributed by atoms with van der Waals surface area (Å²) in [5, 5.41) is 6.86. The Morgan fingerprint density at radius 3 is 3.16 bits per heavy atom. The molecule has 1 N–H and O–H groups in total. The van der Waals surface area contributed by atoms with Gasteiger partial charge in [0.05, 0.1) is 6.04 Å². The first-order chi connectivity index (χ1) is 9.24. The van der Waals surface area contributed by atoms with Crippen molar-refractivity contribution in [1.82, 2.24) is 24.6 Å². The summed E-state index contributed by atoms with van der Waals surface area (Å²) in [7, 11) is 1.76. The minimum atomic E-state index is 0.0351. The molecule has 2 aromatic rings. The predicted molar refractivity (Wildman–Crippen MR) is 70.5 cm³/mol. The van der Waals surface area contributed by atoms with Crippen LogP contribution >= 0.6 is 0 Å². The van der Waals surface area contributed by atoms with Gasteiger partial charge < -0.3 is 4.57 Å². The first-order valence-corrected chi connectivity index (χ1v) is 6.49. The van der Waals surface area contributed by atoms with Crippen molar-refractivity contribution < 1.29 is 0 Å². The van der Waals surface area contributed by atoms with Crippen LogP contribution < -0.4 is 5.56 Å². The maximum atomic E-state index is 11.6. The van der Waals surface area contributed by atoms with E-state index in [-0.39, 0.29) is 11.6 Å². The minimum Gasteiger partial charge on any atom is -0.319 e. The van der Waals surface area contributed by atoms with Crippen LogP contribution in [0, 0.1) is 0 Å². The molecule has 1 atom stereocenters. The van der Waals surface area contributed by atoms with Crippen molar-refractivity contribution in [3.63, 3.8) is 0 Å². The predicted octanol–water partition coefficient (Wildman–Crippen LogP) is 0.840. The molecule has 0 radical (unpaired) electrons. The molecule has 3 rings (SSSR count). The molecule has 0 amide bonds. The maximum absolute atomic E-state index is 11.6. The number of hydrogen-bond donors (Lipinski definition) is 1. The van der Waals surface area contributed by atoms with Gasteiger partial charge >= 0.3 is 0 Å². The number of nitrogens with one attached hydrogen (secondary N) is 1. The topological polar surface area (TPSA) is 66.8 Å². The summed E-state index contributed by atoms with van der Waals surface area (Å²) in [6.45, 7) is 1.81. The van der Waals surface area contributed by atoms with Crippen molar-refractivity contribution in [2.75, 3.05) is 6.54 Å². The van der Waals surface area contributed by atoms with E-state index in [0.29, 0.717) is 0 Å². The number of H-pyrrole nitrogens is 1. The van der Waals surface area contributed by atoms with Crippen LogP contribution in [0.3, 0.4) is 0 Å². The Morgan fingerprint density at radius 2 is 2.42 bits per heavy atom. The average Bonchev–Trinajstić information content (AvgIpc) is 3.04. The van der Waals surface area contributed by atoms with Gasteiger partial charge in [-0.25, -0.2) is 4.98 Å². The summed E-state index contributed by atoms with van der Waals surface area (Å²) in [4.78, 5) is 18.2. The van der Waals surface area contributed by atoms with E-state index in [0.717, 1.165) is 37.3 Å². The number of aromatic nitrogens is 4. The molecule has 0 unspecified atom stereocenters. The van der Waals surface area contributed by atoms with Gasteiger partial charge in [0.1, 0.15) is 12.2 Å². The van der Waals surface area contributed by atoms with Crippen LogP contribution in [0.4, 0.5) is 0 Å². The highest BCUT2D eigenvalue weighted by atomic mass is 16.1. The number of nitrogens with zero attached hydrogens (tertiary/aromatic N) is 4. The number of rotatable bonds is 3. The van der Waals surface area contributed by atoms with E-state index in [1.807, 2.05) is 12.3 Å². The minimum absolute atomic E-state index is 0.0351. The smallest absolute Gasteiger partial charge is 0.250 e. The van der Waals surface area contributed by atoms with Gasteiger partial charge in [0.25, 0.3) is 5.56 Å². The monoisotopic (exact) mass is 259 g/mol. The van der Waals surface area contributed by atoms with Crippen molar-refractivity contribution in [2.24, 2.45) is 7.05 Å². The van der Waals surface area contributed by atoms with Gasteiger partial charge in [0.15, 0.2) is 0 Å². The Bertz CT molecular complexity index is 604. The molecular formula is C13H17N5O. The van der Waals surface area contributed by atoms with E-state index in [9.17, 15) is 4.79 Å². The van der Waals surface area contributed by atoms with Crippen LogP contribution in [0.5, 0.6) is 0 Å². The van der Waals surface area contributed by atoms with E-state index in [4.69, 9.17) is 0 Å². The van der Waals surface area contributed by atoms with Gasteiger partial charge in [-0.3, -0.25) is 14.8 Å². The molecule has 100 valence electrons. The first kappa shape index (κ1) is 12.1. The zero-order valence-electron chi connectivity index (χ0n) is 10.9. The third kappa shape index (κ3) is 2.44. The third-order valence-electron chi connectivity index (χ3n) is 3.67. The fourth-order valence-corrected chi connectivity index (χ4v) is 2.62. The number of aromatic amines is 1. The molecule has 1 aliphatic heterocycles. The lowest BCUT2D eigenvalue weighted by atomic mass is 10.2. The molecule has 19 heavy (non-hydrogen) atoms. The molecule has 3 heterocycles. The summed E-state index contributed by atoms with van der Waals surface area (Å²) in [6.07, 6.45) is 5.59. The molecule has 0 spiro atoms. The summed E-state index contributed by atoms with van der Waals surface area (Å²) in [5.74, 6) is 0.918. The molecule has 6 nitrogen and oxygen atoms in total. The molecule has 2 aromatic heterocycles. The van der Waals surface area contributed by atoms with Crippen LogP contribution in [0.15, 0.2) is 29.5 Å². The summed E-state index contributed by atoms with van der Waals surface area (Å²) in [6, 6.07) is 3.99. The van der Waals surface area contributed by atoms with Crippen molar-refractivity contribution in [3.05, 3.63) is 46.4 Å². The Balaban J connectivity index is 1.78. The van der Waals surface area contributed by atoms with Gasteiger partial charge in [0, 0.05) is 25.9 Å². The summed E-state index contributed by atoms with van der Waals surface area (Å²) in [5.41, 5.74) is 1.09. The Labute approximate surface area is 111 Å². The zero-order chi connectivity index (χ0) is 13.2. The molecule has 0 saturated carbocycles. The number of likely N-dealkylation sites (tertiary alicyclic amines) is 1. The highest BCUT2D eigenvalue weighted by Gasteiger charge is 2.27. The van der Waals surface area contributed by atoms with Crippen LogP contribution in [-0.4, -0.2) is 31.2 Å². The number of pyridine rings is 1. The highest BCUT2D eigenvalue weighted by molar-refractivity contribution is 5.12. The van der Waals surface area contributed by atoms with Crippen LogP contribution in [0.25, 0.3) is 0 Å². The van der Waals surface area contributed by atoms with Crippen molar-refractivity contribution in [3.8, 4) is 0 Å².